The monoisotopic (exact) mass is 236 g/mol. The predicted octanol–water partition coefficient (Wildman–Crippen LogP) is 2.11. The quantitative estimate of drug-likeness (QED) is 0.866. The first kappa shape index (κ1) is 12.2. The smallest absolute Gasteiger partial charge is 0.223 e. The average molecular weight is 236 g/mol. The van der Waals surface area contributed by atoms with Crippen molar-refractivity contribution in [1.29, 1.82) is 0 Å². The molecule has 1 aliphatic carbocycles. The van der Waals surface area contributed by atoms with Gasteiger partial charge in [-0.25, -0.2) is 9.97 Å². The Bertz CT molecular complexity index is 352. The summed E-state index contributed by atoms with van der Waals surface area (Å²) in [5.74, 6) is 1.48. The van der Waals surface area contributed by atoms with E-state index in [1.54, 1.807) is 0 Å². The highest BCUT2D eigenvalue weighted by molar-refractivity contribution is 5.13. The van der Waals surface area contributed by atoms with Gasteiger partial charge in [0.2, 0.25) is 5.95 Å². The molecule has 0 radical (unpaired) electrons. The molecule has 1 aliphatic rings. The molecule has 0 bridgehead atoms. The van der Waals surface area contributed by atoms with Gasteiger partial charge < -0.3 is 10.5 Å². The molecule has 2 rings (SSSR count). The van der Waals surface area contributed by atoms with Gasteiger partial charge in [-0.1, -0.05) is 19.3 Å². The van der Waals surface area contributed by atoms with Crippen molar-refractivity contribution in [2.45, 2.75) is 45.1 Å². The van der Waals surface area contributed by atoms with Crippen LogP contribution >= 0.6 is 0 Å². The zero-order chi connectivity index (χ0) is 12.1. The van der Waals surface area contributed by atoms with Crippen molar-refractivity contribution in [3.63, 3.8) is 0 Å². The molecule has 0 saturated heterocycles. The number of rotatable bonds is 4. The lowest BCUT2D eigenvalue weighted by atomic mass is 9.85. The van der Waals surface area contributed by atoms with Crippen LogP contribution < -0.4 is 5.73 Å². The Labute approximate surface area is 102 Å². The number of ether oxygens (including phenoxy) is 1. The normalized spacial score (nSPS) is 19.1. The number of nitrogens with zero attached hydrogens (tertiary/aromatic N) is 3. The average Bonchev–Trinajstić information content (AvgIpc) is 2.37. The first-order valence-electron chi connectivity index (χ1n) is 6.37. The van der Waals surface area contributed by atoms with Gasteiger partial charge in [-0.2, -0.15) is 4.98 Å². The van der Waals surface area contributed by atoms with E-state index in [4.69, 9.17) is 10.5 Å². The van der Waals surface area contributed by atoms with Crippen LogP contribution in [0.25, 0.3) is 0 Å². The van der Waals surface area contributed by atoms with E-state index in [1.807, 2.05) is 6.92 Å². The van der Waals surface area contributed by atoms with Gasteiger partial charge in [0, 0.05) is 6.61 Å². The summed E-state index contributed by atoms with van der Waals surface area (Å²) in [5.41, 5.74) is 5.60. The van der Waals surface area contributed by atoms with E-state index in [0.717, 1.165) is 0 Å². The number of hydrogen-bond acceptors (Lipinski definition) is 5. The maximum atomic E-state index is 5.81. The molecular weight excluding hydrogens is 216 g/mol. The SMILES string of the molecule is CCOC(c1ncnc(N)n1)C1CCCCC1. The number of aromatic nitrogens is 3. The minimum Gasteiger partial charge on any atom is -0.370 e. The molecule has 5 nitrogen and oxygen atoms in total. The first-order valence-corrected chi connectivity index (χ1v) is 6.37. The summed E-state index contributed by atoms with van der Waals surface area (Å²) in [4.78, 5) is 12.2. The molecule has 1 heterocycles. The summed E-state index contributed by atoms with van der Waals surface area (Å²) in [6, 6.07) is 0. The number of anilines is 1. The van der Waals surface area contributed by atoms with E-state index < -0.39 is 0 Å². The van der Waals surface area contributed by atoms with E-state index in [1.165, 1.54) is 38.4 Å². The van der Waals surface area contributed by atoms with Crippen molar-refractivity contribution < 1.29 is 4.74 Å². The van der Waals surface area contributed by atoms with Crippen molar-refractivity contribution in [1.82, 2.24) is 15.0 Å². The third-order valence-electron chi connectivity index (χ3n) is 3.29. The van der Waals surface area contributed by atoms with Crippen molar-refractivity contribution >= 4 is 5.95 Å². The predicted molar refractivity (Wildman–Crippen MR) is 65.2 cm³/mol. The zero-order valence-electron chi connectivity index (χ0n) is 10.3. The fraction of sp³-hybridized carbons (Fsp3) is 0.750. The molecule has 1 saturated carbocycles. The Kier molecular flexibility index (Phi) is 4.25. The highest BCUT2D eigenvalue weighted by atomic mass is 16.5. The van der Waals surface area contributed by atoms with Crippen molar-refractivity contribution in [3.8, 4) is 0 Å². The molecule has 0 aliphatic heterocycles. The molecule has 5 heteroatoms. The molecule has 1 fully saturated rings. The summed E-state index contributed by atoms with van der Waals surface area (Å²) in [6.45, 7) is 2.67. The molecule has 1 aromatic rings. The van der Waals surface area contributed by atoms with E-state index in [9.17, 15) is 0 Å². The lowest BCUT2D eigenvalue weighted by Gasteiger charge is -2.28. The maximum absolute atomic E-state index is 5.81. The Morgan fingerprint density at radius 1 is 1.35 bits per heavy atom. The van der Waals surface area contributed by atoms with Gasteiger partial charge in [0.25, 0.3) is 0 Å². The molecule has 0 amide bonds. The van der Waals surface area contributed by atoms with Crippen molar-refractivity contribution in [2.75, 3.05) is 12.3 Å². The number of hydrogen-bond donors (Lipinski definition) is 1. The zero-order valence-corrected chi connectivity index (χ0v) is 10.3. The summed E-state index contributed by atoms with van der Waals surface area (Å²) in [7, 11) is 0. The first-order chi connectivity index (χ1) is 8.31. The summed E-state index contributed by atoms with van der Waals surface area (Å²) >= 11 is 0. The van der Waals surface area contributed by atoms with Crippen LogP contribution in [0.2, 0.25) is 0 Å². The van der Waals surface area contributed by atoms with Crippen LogP contribution in [0.15, 0.2) is 6.33 Å². The standard InChI is InChI=1S/C12H20N4O/c1-2-17-10(9-6-4-3-5-7-9)11-14-8-15-12(13)16-11/h8-10H,2-7H2,1H3,(H2,13,14,15,16). The molecule has 17 heavy (non-hydrogen) atoms. The van der Waals surface area contributed by atoms with E-state index in [-0.39, 0.29) is 12.1 Å². The van der Waals surface area contributed by atoms with Gasteiger partial charge in [0.15, 0.2) is 5.82 Å². The Hall–Kier alpha value is -1.23. The Morgan fingerprint density at radius 2 is 2.12 bits per heavy atom. The topological polar surface area (TPSA) is 73.9 Å². The second-order valence-corrected chi connectivity index (χ2v) is 4.48. The number of nitrogens with two attached hydrogens (primary N) is 1. The molecular formula is C12H20N4O. The molecule has 1 atom stereocenters. The Balaban J connectivity index is 2.15. The molecule has 2 N–H and O–H groups in total. The van der Waals surface area contributed by atoms with Gasteiger partial charge in [-0.3, -0.25) is 0 Å². The minimum absolute atomic E-state index is 0.0226. The second-order valence-electron chi connectivity index (χ2n) is 4.48. The van der Waals surface area contributed by atoms with Crippen molar-refractivity contribution in [3.05, 3.63) is 12.2 Å². The summed E-state index contributed by atoms with van der Waals surface area (Å²) in [5, 5.41) is 0. The molecule has 1 aromatic heterocycles. The molecule has 94 valence electrons. The molecule has 1 unspecified atom stereocenters. The van der Waals surface area contributed by atoms with Crippen LogP contribution in [0.3, 0.4) is 0 Å². The summed E-state index contributed by atoms with van der Waals surface area (Å²) < 4.78 is 5.81. The maximum Gasteiger partial charge on any atom is 0.223 e. The van der Waals surface area contributed by atoms with Crippen LogP contribution in [0.4, 0.5) is 5.95 Å². The third kappa shape index (κ3) is 3.12. The van der Waals surface area contributed by atoms with E-state index in [2.05, 4.69) is 15.0 Å². The van der Waals surface area contributed by atoms with Gasteiger partial charge in [0.05, 0.1) is 0 Å². The van der Waals surface area contributed by atoms with Gasteiger partial charge in [0.1, 0.15) is 12.4 Å². The third-order valence-corrected chi connectivity index (χ3v) is 3.29. The Morgan fingerprint density at radius 3 is 2.76 bits per heavy atom. The van der Waals surface area contributed by atoms with Crippen LogP contribution in [0.5, 0.6) is 0 Å². The highest BCUT2D eigenvalue weighted by Gasteiger charge is 2.27. The largest absolute Gasteiger partial charge is 0.370 e. The second kappa shape index (κ2) is 5.91. The van der Waals surface area contributed by atoms with Gasteiger partial charge >= 0.3 is 0 Å². The number of nitrogen functional groups attached to an aromatic ring is 1. The lowest BCUT2D eigenvalue weighted by Crippen LogP contribution is -2.21. The highest BCUT2D eigenvalue weighted by Crippen LogP contribution is 2.35. The fourth-order valence-corrected chi connectivity index (χ4v) is 2.50. The van der Waals surface area contributed by atoms with Crippen LogP contribution in [0, 0.1) is 5.92 Å². The molecule has 0 spiro atoms. The van der Waals surface area contributed by atoms with Crippen LogP contribution in [-0.4, -0.2) is 21.6 Å². The van der Waals surface area contributed by atoms with Gasteiger partial charge in [-0.15, -0.1) is 0 Å². The van der Waals surface area contributed by atoms with Gasteiger partial charge in [-0.05, 0) is 25.7 Å². The molecule has 0 aromatic carbocycles. The van der Waals surface area contributed by atoms with E-state index in [0.29, 0.717) is 18.3 Å². The lowest BCUT2D eigenvalue weighted by molar-refractivity contribution is -0.000227. The fourth-order valence-electron chi connectivity index (χ4n) is 2.50. The van der Waals surface area contributed by atoms with Crippen LogP contribution in [-0.2, 0) is 4.74 Å². The van der Waals surface area contributed by atoms with Crippen LogP contribution in [0.1, 0.15) is 51.0 Å². The summed E-state index contributed by atoms with van der Waals surface area (Å²) in [6.07, 6.45) is 7.70. The minimum atomic E-state index is -0.0226. The van der Waals surface area contributed by atoms with E-state index >= 15 is 0 Å². The van der Waals surface area contributed by atoms with Crippen molar-refractivity contribution in [2.24, 2.45) is 5.92 Å².